The lowest BCUT2D eigenvalue weighted by atomic mass is 10.1. The van der Waals surface area contributed by atoms with E-state index in [4.69, 9.17) is 10.9 Å². The quantitative estimate of drug-likeness (QED) is 0.749. The fourth-order valence-electron chi connectivity index (χ4n) is 2.13. The summed E-state index contributed by atoms with van der Waals surface area (Å²) >= 11 is 1.44. The fourth-order valence-corrected chi connectivity index (χ4v) is 3.85. The van der Waals surface area contributed by atoms with Gasteiger partial charge in [0.15, 0.2) is 0 Å². The minimum absolute atomic E-state index is 0.0795. The van der Waals surface area contributed by atoms with Crippen molar-refractivity contribution in [2.45, 2.75) is 11.8 Å². The Hall–Kier alpha value is -2.03. The van der Waals surface area contributed by atoms with Gasteiger partial charge in [0.1, 0.15) is 12.1 Å². The lowest BCUT2D eigenvalue weighted by Gasteiger charge is -2.03. The Balaban J connectivity index is 2.26. The Kier molecular flexibility index (Phi) is 3.16. The molecule has 0 unspecified atom stereocenters. The molecule has 8 heteroatoms. The Morgan fingerprint density at radius 2 is 2.00 bits per heavy atom. The average Bonchev–Trinajstić information content (AvgIpc) is 2.77. The molecule has 21 heavy (non-hydrogen) atoms. The van der Waals surface area contributed by atoms with Crippen LogP contribution in [0.15, 0.2) is 35.5 Å². The fraction of sp³-hybridized carbons (Fsp3) is 0.0769. The van der Waals surface area contributed by atoms with E-state index < -0.39 is 10.0 Å². The molecular formula is C13H12N4O2S2. The van der Waals surface area contributed by atoms with Gasteiger partial charge in [0.2, 0.25) is 10.0 Å². The first-order valence-corrected chi connectivity index (χ1v) is 8.37. The molecule has 2 aromatic heterocycles. The summed E-state index contributed by atoms with van der Waals surface area (Å²) in [6.45, 7) is 1.92. The van der Waals surface area contributed by atoms with E-state index in [2.05, 4.69) is 9.97 Å². The van der Waals surface area contributed by atoms with Gasteiger partial charge >= 0.3 is 0 Å². The highest BCUT2D eigenvalue weighted by atomic mass is 32.2. The van der Waals surface area contributed by atoms with Crippen molar-refractivity contribution in [3.05, 3.63) is 36.2 Å². The Morgan fingerprint density at radius 3 is 2.67 bits per heavy atom. The molecule has 4 N–H and O–H groups in total. The van der Waals surface area contributed by atoms with Crippen LogP contribution in [-0.4, -0.2) is 18.4 Å². The van der Waals surface area contributed by atoms with Crippen LogP contribution in [0, 0.1) is 6.92 Å². The predicted molar refractivity (Wildman–Crippen MR) is 83.4 cm³/mol. The number of hydrogen-bond donors (Lipinski definition) is 2. The highest BCUT2D eigenvalue weighted by Gasteiger charge is 2.16. The number of sulfonamides is 1. The highest BCUT2D eigenvalue weighted by molar-refractivity contribution is 7.89. The molecule has 0 saturated carbocycles. The van der Waals surface area contributed by atoms with Crippen molar-refractivity contribution in [1.82, 2.24) is 9.97 Å². The Morgan fingerprint density at radius 1 is 1.24 bits per heavy atom. The van der Waals surface area contributed by atoms with Crippen molar-refractivity contribution in [2.24, 2.45) is 5.14 Å². The number of primary sulfonamides is 1. The maximum Gasteiger partial charge on any atom is 0.238 e. The van der Waals surface area contributed by atoms with Crippen LogP contribution in [0.5, 0.6) is 0 Å². The number of nitrogens with zero attached hydrogens (tertiary/aromatic N) is 2. The van der Waals surface area contributed by atoms with Gasteiger partial charge in [-0.2, -0.15) is 0 Å². The summed E-state index contributed by atoms with van der Waals surface area (Å²) in [5.41, 5.74) is 8.35. The molecule has 3 rings (SSSR count). The van der Waals surface area contributed by atoms with Crippen LogP contribution in [0.3, 0.4) is 0 Å². The number of benzene rings is 1. The predicted octanol–water partition coefficient (Wildman–Crippen LogP) is 1.90. The first-order chi connectivity index (χ1) is 9.88. The first kappa shape index (κ1) is 13.9. The molecule has 0 fully saturated rings. The maximum absolute atomic E-state index is 11.5. The molecule has 0 saturated heterocycles. The molecule has 0 amide bonds. The van der Waals surface area contributed by atoms with E-state index in [1.165, 1.54) is 23.7 Å². The molecule has 6 nitrogen and oxygen atoms in total. The number of aromatic nitrogens is 2. The molecule has 2 heterocycles. The lowest BCUT2D eigenvalue weighted by molar-refractivity contribution is 0.598. The third-order valence-corrected chi connectivity index (χ3v) is 5.42. The SMILES string of the molecule is Cc1c(-c2cccc(S(N)(=O)=O)c2)sc2c(N)ncnc12. The first-order valence-electron chi connectivity index (χ1n) is 6.01. The topological polar surface area (TPSA) is 112 Å². The zero-order valence-electron chi connectivity index (χ0n) is 11.1. The van der Waals surface area contributed by atoms with E-state index in [-0.39, 0.29) is 4.90 Å². The van der Waals surface area contributed by atoms with E-state index in [0.29, 0.717) is 5.82 Å². The smallest absolute Gasteiger partial charge is 0.238 e. The average molecular weight is 320 g/mol. The molecule has 0 aliphatic rings. The summed E-state index contributed by atoms with van der Waals surface area (Å²) in [6.07, 6.45) is 1.42. The number of fused-ring (bicyclic) bond motifs is 1. The zero-order valence-corrected chi connectivity index (χ0v) is 12.7. The normalized spacial score (nSPS) is 11.9. The van der Waals surface area contributed by atoms with Crippen LogP contribution in [0.1, 0.15) is 5.56 Å². The Bertz CT molecular complexity index is 948. The molecule has 1 aromatic carbocycles. The van der Waals surface area contributed by atoms with Gasteiger partial charge in [-0.15, -0.1) is 11.3 Å². The summed E-state index contributed by atoms with van der Waals surface area (Å²) in [5, 5.41) is 5.17. The number of anilines is 1. The van der Waals surface area contributed by atoms with E-state index in [0.717, 1.165) is 26.2 Å². The summed E-state index contributed by atoms with van der Waals surface area (Å²) in [7, 11) is -3.73. The minimum atomic E-state index is -3.73. The number of nitrogen functional groups attached to an aromatic ring is 1. The zero-order chi connectivity index (χ0) is 15.2. The van der Waals surface area contributed by atoms with Gasteiger partial charge < -0.3 is 5.73 Å². The van der Waals surface area contributed by atoms with Gasteiger partial charge in [-0.1, -0.05) is 12.1 Å². The third-order valence-electron chi connectivity index (χ3n) is 3.16. The number of thiophene rings is 1. The molecule has 0 atom stereocenters. The third kappa shape index (κ3) is 2.37. The molecule has 0 aliphatic heterocycles. The molecule has 3 aromatic rings. The van der Waals surface area contributed by atoms with E-state index in [9.17, 15) is 8.42 Å². The highest BCUT2D eigenvalue weighted by Crippen LogP contribution is 2.39. The summed E-state index contributed by atoms with van der Waals surface area (Å²) in [4.78, 5) is 9.19. The van der Waals surface area contributed by atoms with Crippen LogP contribution in [0.2, 0.25) is 0 Å². The minimum Gasteiger partial charge on any atom is -0.382 e. The molecule has 0 spiro atoms. The summed E-state index contributed by atoms with van der Waals surface area (Å²) in [6, 6.07) is 6.51. The second kappa shape index (κ2) is 4.76. The van der Waals surface area contributed by atoms with E-state index in [1.807, 2.05) is 13.0 Å². The number of aryl methyl sites for hydroxylation is 1. The lowest BCUT2D eigenvalue weighted by Crippen LogP contribution is -2.11. The standard InChI is InChI=1S/C13H12N4O2S2/c1-7-10-12(13(14)17-6-16-10)20-11(7)8-3-2-4-9(5-8)21(15,18)19/h2-6H,1H3,(H2,14,16,17)(H2,15,18,19). The van der Waals surface area contributed by atoms with Gasteiger partial charge in [-0.05, 0) is 30.2 Å². The molecule has 0 bridgehead atoms. The summed E-state index contributed by atoms with van der Waals surface area (Å²) in [5.74, 6) is 0.418. The van der Waals surface area contributed by atoms with Gasteiger partial charge in [0, 0.05) is 4.88 Å². The van der Waals surface area contributed by atoms with Gasteiger partial charge in [-0.25, -0.2) is 23.5 Å². The van der Waals surface area contributed by atoms with Crippen molar-refractivity contribution in [3.8, 4) is 10.4 Å². The number of nitrogens with two attached hydrogens (primary N) is 2. The van der Waals surface area contributed by atoms with Gasteiger partial charge in [0.05, 0.1) is 15.1 Å². The molecule has 0 radical (unpaired) electrons. The van der Waals surface area contributed by atoms with Crippen LogP contribution >= 0.6 is 11.3 Å². The van der Waals surface area contributed by atoms with Crippen molar-refractivity contribution in [2.75, 3.05) is 5.73 Å². The van der Waals surface area contributed by atoms with Crippen molar-refractivity contribution >= 4 is 37.4 Å². The molecule has 0 aliphatic carbocycles. The number of hydrogen-bond acceptors (Lipinski definition) is 6. The van der Waals surface area contributed by atoms with Crippen molar-refractivity contribution in [1.29, 1.82) is 0 Å². The monoisotopic (exact) mass is 320 g/mol. The van der Waals surface area contributed by atoms with Crippen LogP contribution in [0.4, 0.5) is 5.82 Å². The molecular weight excluding hydrogens is 308 g/mol. The van der Waals surface area contributed by atoms with E-state index in [1.54, 1.807) is 12.1 Å². The van der Waals surface area contributed by atoms with Crippen LogP contribution in [-0.2, 0) is 10.0 Å². The van der Waals surface area contributed by atoms with Gasteiger partial charge in [0.25, 0.3) is 0 Å². The second-order valence-corrected chi connectivity index (χ2v) is 7.15. The van der Waals surface area contributed by atoms with Crippen LogP contribution < -0.4 is 10.9 Å². The van der Waals surface area contributed by atoms with Crippen molar-refractivity contribution in [3.63, 3.8) is 0 Å². The maximum atomic E-state index is 11.5. The second-order valence-electron chi connectivity index (χ2n) is 4.57. The van der Waals surface area contributed by atoms with Crippen molar-refractivity contribution < 1.29 is 8.42 Å². The van der Waals surface area contributed by atoms with E-state index >= 15 is 0 Å². The van der Waals surface area contributed by atoms with Gasteiger partial charge in [-0.3, -0.25) is 0 Å². The largest absolute Gasteiger partial charge is 0.382 e. The summed E-state index contributed by atoms with van der Waals surface area (Å²) < 4.78 is 23.7. The Labute approximate surface area is 125 Å². The van der Waals surface area contributed by atoms with Crippen LogP contribution in [0.25, 0.3) is 20.7 Å². The number of rotatable bonds is 2. The molecule has 108 valence electrons.